The van der Waals surface area contributed by atoms with Crippen LogP contribution in [-0.4, -0.2) is 0 Å². The van der Waals surface area contributed by atoms with Gasteiger partial charge in [-0.3, -0.25) is 0 Å². The van der Waals surface area contributed by atoms with Gasteiger partial charge in [0.2, 0.25) is 0 Å². The summed E-state index contributed by atoms with van der Waals surface area (Å²) in [5, 5.41) is 0.866. The Morgan fingerprint density at radius 2 is 1.64 bits per heavy atom. The van der Waals surface area contributed by atoms with E-state index >= 15 is 0 Å². The number of benzene rings is 1. The minimum Gasteiger partial charge on any atom is -0.0843 e. The average molecular weight is 319 g/mol. The molecule has 0 aromatic heterocycles. The van der Waals surface area contributed by atoms with Gasteiger partial charge in [-0.1, -0.05) is 62.8 Å². The van der Waals surface area contributed by atoms with Crippen LogP contribution < -0.4 is 0 Å². The maximum atomic E-state index is 6.03. The number of hydrogen-bond acceptors (Lipinski definition) is 0. The Kier molecular flexibility index (Phi) is 5.85. The van der Waals surface area contributed by atoms with Gasteiger partial charge in [0.1, 0.15) is 0 Å². The molecule has 0 aliphatic heterocycles. The highest BCUT2D eigenvalue weighted by Crippen LogP contribution is 2.48. The SMILES string of the molecule is CCCCCC1CC[C@@H]2C[C@H](c3ccc(Cl)cc3)CC[C@@H]2C1. The Morgan fingerprint density at radius 3 is 2.41 bits per heavy atom. The zero-order chi connectivity index (χ0) is 15.4. The lowest BCUT2D eigenvalue weighted by atomic mass is 9.63. The highest BCUT2D eigenvalue weighted by atomic mass is 35.5. The van der Waals surface area contributed by atoms with Gasteiger partial charge in [0, 0.05) is 5.02 Å². The van der Waals surface area contributed by atoms with Gasteiger partial charge in [0.15, 0.2) is 0 Å². The van der Waals surface area contributed by atoms with Crippen molar-refractivity contribution in [1.82, 2.24) is 0 Å². The smallest absolute Gasteiger partial charge is 0.0406 e. The molecule has 1 unspecified atom stereocenters. The predicted octanol–water partition coefficient (Wildman–Crippen LogP) is 7.22. The quantitative estimate of drug-likeness (QED) is 0.503. The summed E-state index contributed by atoms with van der Waals surface area (Å²) in [4.78, 5) is 0. The first kappa shape index (κ1) is 16.4. The van der Waals surface area contributed by atoms with Crippen molar-refractivity contribution in [3.05, 3.63) is 34.9 Å². The Labute approximate surface area is 141 Å². The number of fused-ring (bicyclic) bond motifs is 1. The summed E-state index contributed by atoms with van der Waals surface area (Å²) in [6.45, 7) is 2.31. The molecule has 0 saturated heterocycles. The molecule has 0 nitrogen and oxygen atoms in total. The molecule has 0 spiro atoms. The molecule has 0 amide bonds. The van der Waals surface area contributed by atoms with E-state index in [1.807, 2.05) is 0 Å². The third kappa shape index (κ3) is 4.07. The first-order valence-corrected chi connectivity index (χ1v) is 9.89. The monoisotopic (exact) mass is 318 g/mol. The van der Waals surface area contributed by atoms with Crippen LogP contribution in [0.5, 0.6) is 0 Å². The van der Waals surface area contributed by atoms with E-state index in [4.69, 9.17) is 11.6 Å². The number of halogens is 1. The second-order valence-electron chi connectivity index (χ2n) is 7.76. The van der Waals surface area contributed by atoms with Crippen LogP contribution in [0.2, 0.25) is 5.02 Å². The second kappa shape index (κ2) is 7.86. The van der Waals surface area contributed by atoms with Crippen molar-refractivity contribution in [3.8, 4) is 0 Å². The van der Waals surface area contributed by atoms with Gasteiger partial charge in [-0.05, 0) is 73.5 Å². The molecule has 3 rings (SSSR count). The van der Waals surface area contributed by atoms with Crippen LogP contribution in [-0.2, 0) is 0 Å². The van der Waals surface area contributed by atoms with Gasteiger partial charge in [0.25, 0.3) is 0 Å². The van der Waals surface area contributed by atoms with E-state index in [0.29, 0.717) is 0 Å². The Balaban J connectivity index is 1.52. The van der Waals surface area contributed by atoms with Crippen LogP contribution in [0.15, 0.2) is 24.3 Å². The van der Waals surface area contributed by atoms with Crippen LogP contribution in [0.4, 0.5) is 0 Å². The van der Waals surface area contributed by atoms with Crippen LogP contribution in [0.25, 0.3) is 0 Å². The first-order valence-electron chi connectivity index (χ1n) is 9.51. The fourth-order valence-electron chi connectivity index (χ4n) is 4.97. The number of unbranched alkanes of at least 4 members (excludes halogenated alkanes) is 2. The van der Waals surface area contributed by atoms with Crippen LogP contribution in [0, 0.1) is 17.8 Å². The topological polar surface area (TPSA) is 0 Å². The Bertz CT molecular complexity index is 449. The normalized spacial score (nSPS) is 31.7. The van der Waals surface area contributed by atoms with E-state index in [0.717, 1.165) is 28.7 Å². The van der Waals surface area contributed by atoms with E-state index in [9.17, 15) is 0 Å². The van der Waals surface area contributed by atoms with Crippen LogP contribution >= 0.6 is 11.6 Å². The van der Waals surface area contributed by atoms with Crippen molar-refractivity contribution in [2.75, 3.05) is 0 Å². The van der Waals surface area contributed by atoms with E-state index in [-0.39, 0.29) is 0 Å². The van der Waals surface area contributed by atoms with Gasteiger partial charge in [-0.25, -0.2) is 0 Å². The summed E-state index contributed by atoms with van der Waals surface area (Å²) in [5.41, 5.74) is 1.52. The number of hydrogen-bond donors (Lipinski definition) is 0. The molecule has 22 heavy (non-hydrogen) atoms. The molecule has 2 fully saturated rings. The van der Waals surface area contributed by atoms with E-state index in [1.165, 1.54) is 69.8 Å². The summed E-state index contributed by atoms with van der Waals surface area (Å²) in [6.07, 6.45) is 14.6. The van der Waals surface area contributed by atoms with E-state index in [2.05, 4.69) is 31.2 Å². The highest BCUT2D eigenvalue weighted by molar-refractivity contribution is 6.30. The highest BCUT2D eigenvalue weighted by Gasteiger charge is 2.35. The number of rotatable bonds is 5. The standard InChI is InChI=1S/C21H31Cl/c1-2-3-4-5-16-6-7-20-15-19(9-8-18(20)14-16)17-10-12-21(22)13-11-17/h10-13,16,18-20H,2-9,14-15H2,1H3/t16?,18-,19-,20-/m1/s1. The summed E-state index contributed by atoms with van der Waals surface area (Å²) in [5.74, 6) is 3.86. The molecule has 0 N–H and O–H groups in total. The fraction of sp³-hybridized carbons (Fsp3) is 0.714. The van der Waals surface area contributed by atoms with Crippen molar-refractivity contribution < 1.29 is 0 Å². The van der Waals surface area contributed by atoms with Gasteiger partial charge < -0.3 is 0 Å². The molecule has 122 valence electrons. The molecule has 2 aliphatic carbocycles. The van der Waals surface area contributed by atoms with Crippen molar-refractivity contribution in [3.63, 3.8) is 0 Å². The molecule has 1 heteroatoms. The third-order valence-electron chi connectivity index (χ3n) is 6.28. The van der Waals surface area contributed by atoms with Crippen LogP contribution in [0.3, 0.4) is 0 Å². The van der Waals surface area contributed by atoms with Gasteiger partial charge in [-0.2, -0.15) is 0 Å². The molecule has 4 atom stereocenters. The van der Waals surface area contributed by atoms with Crippen LogP contribution in [0.1, 0.15) is 82.6 Å². The molecule has 0 radical (unpaired) electrons. The van der Waals surface area contributed by atoms with Gasteiger partial charge in [0.05, 0.1) is 0 Å². The Morgan fingerprint density at radius 1 is 0.909 bits per heavy atom. The lowest BCUT2D eigenvalue weighted by Crippen LogP contribution is -2.30. The average Bonchev–Trinajstić information content (AvgIpc) is 2.55. The van der Waals surface area contributed by atoms with Crippen molar-refractivity contribution in [2.45, 2.75) is 77.0 Å². The van der Waals surface area contributed by atoms with Gasteiger partial charge in [-0.15, -0.1) is 0 Å². The predicted molar refractivity (Wildman–Crippen MR) is 96.5 cm³/mol. The van der Waals surface area contributed by atoms with Gasteiger partial charge >= 0.3 is 0 Å². The van der Waals surface area contributed by atoms with E-state index in [1.54, 1.807) is 0 Å². The third-order valence-corrected chi connectivity index (χ3v) is 6.53. The molecular formula is C21H31Cl. The Hall–Kier alpha value is -0.490. The zero-order valence-corrected chi connectivity index (χ0v) is 14.8. The molecule has 1 aromatic carbocycles. The molecule has 2 aliphatic rings. The van der Waals surface area contributed by atoms with Crippen molar-refractivity contribution in [2.24, 2.45) is 17.8 Å². The fourth-order valence-corrected chi connectivity index (χ4v) is 5.10. The first-order chi connectivity index (χ1) is 10.8. The van der Waals surface area contributed by atoms with Crippen molar-refractivity contribution >= 4 is 11.6 Å². The minimum absolute atomic E-state index is 0.787. The summed E-state index contributed by atoms with van der Waals surface area (Å²) >= 11 is 6.03. The summed E-state index contributed by atoms with van der Waals surface area (Å²) < 4.78 is 0. The largest absolute Gasteiger partial charge is 0.0843 e. The van der Waals surface area contributed by atoms with E-state index < -0.39 is 0 Å². The summed E-state index contributed by atoms with van der Waals surface area (Å²) in [7, 11) is 0. The summed E-state index contributed by atoms with van der Waals surface area (Å²) in [6, 6.07) is 8.63. The zero-order valence-electron chi connectivity index (χ0n) is 14.1. The second-order valence-corrected chi connectivity index (χ2v) is 8.19. The molecule has 2 saturated carbocycles. The lowest BCUT2D eigenvalue weighted by Gasteiger charge is -2.42. The maximum absolute atomic E-state index is 6.03. The molecule has 0 bridgehead atoms. The lowest BCUT2D eigenvalue weighted by molar-refractivity contribution is 0.113. The minimum atomic E-state index is 0.787. The molecular weight excluding hydrogens is 288 g/mol. The van der Waals surface area contributed by atoms with Crippen molar-refractivity contribution in [1.29, 1.82) is 0 Å². The molecule has 0 heterocycles. The molecule has 1 aromatic rings. The maximum Gasteiger partial charge on any atom is 0.0406 e.